The summed E-state index contributed by atoms with van der Waals surface area (Å²) < 4.78 is 0. The van der Waals surface area contributed by atoms with Gasteiger partial charge in [0.1, 0.15) is 0 Å². The van der Waals surface area contributed by atoms with E-state index in [4.69, 9.17) is 0 Å². The van der Waals surface area contributed by atoms with E-state index in [1.807, 2.05) is 12.2 Å². The SMILES string of the molecule is CC/C=C(\C)C1CCC2C3CCC4=CC(=O)C=C[C@]4(C)C3CC[C@]12C. The van der Waals surface area contributed by atoms with Gasteiger partial charge in [-0.3, -0.25) is 4.79 Å². The summed E-state index contributed by atoms with van der Waals surface area (Å²) in [6.45, 7) is 9.66. The third-order valence-electron chi connectivity index (χ3n) is 8.63. The molecule has 0 spiro atoms. The van der Waals surface area contributed by atoms with Gasteiger partial charge in [-0.2, -0.15) is 0 Å². The van der Waals surface area contributed by atoms with Crippen LogP contribution in [-0.2, 0) is 4.79 Å². The fourth-order valence-electron chi connectivity index (χ4n) is 7.41. The highest BCUT2D eigenvalue weighted by Crippen LogP contribution is 2.66. The van der Waals surface area contributed by atoms with Crippen LogP contribution in [0.4, 0.5) is 0 Å². The summed E-state index contributed by atoms with van der Waals surface area (Å²) >= 11 is 0. The molecule has 3 saturated carbocycles. The molecular weight excluding hydrogens is 304 g/mol. The Hall–Kier alpha value is -1.11. The van der Waals surface area contributed by atoms with Crippen molar-refractivity contribution in [3.8, 4) is 0 Å². The fraction of sp³-hybridized carbons (Fsp3) is 0.708. The maximum absolute atomic E-state index is 11.9. The van der Waals surface area contributed by atoms with Crippen molar-refractivity contribution in [2.75, 3.05) is 0 Å². The molecule has 6 atom stereocenters. The number of carbonyl (C=O) groups excluding carboxylic acids is 1. The van der Waals surface area contributed by atoms with Crippen molar-refractivity contribution in [3.63, 3.8) is 0 Å². The van der Waals surface area contributed by atoms with Crippen LogP contribution in [0, 0.1) is 34.5 Å². The monoisotopic (exact) mass is 338 g/mol. The van der Waals surface area contributed by atoms with Gasteiger partial charge in [0.25, 0.3) is 0 Å². The topological polar surface area (TPSA) is 17.1 Å². The number of fused-ring (bicyclic) bond motifs is 5. The first-order valence-electron chi connectivity index (χ1n) is 10.5. The van der Waals surface area contributed by atoms with Crippen LogP contribution in [-0.4, -0.2) is 5.78 Å². The zero-order chi connectivity index (χ0) is 17.8. The number of rotatable bonds is 2. The molecule has 0 aromatic carbocycles. The molecule has 4 rings (SSSR count). The first kappa shape index (κ1) is 17.3. The van der Waals surface area contributed by atoms with Crippen molar-refractivity contribution >= 4 is 5.78 Å². The molecule has 0 amide bonds. The summed E-state index contributed by atoms with van der Waals surface area (Å²) in [4.78, 5) is 11.9. The second-order valence-corrected chi connectivity index (χ2v) is 9.63. The standard InChI is InChI=1S/C24H34O/c1-5-6-16(2)20-9-10-21-19-8-7-17-15-18(25)11-13-23(17,3)22(19)12-14-24(20,21)4/h6,11,13,15,19-22H,5,7-10,12,14H2,1-4H3/b16-6+/t19?,20?,21?,22?,23-,24+/m0/s1. The molecule has 0 aliphatic heterocycles. The molecule has 0 bridgehead atoms. The Morgan fingerprint density at radius 3 is 2.76 bits per heavy atom. The lowest BCUT2D eigenvalue weighted by atomic mass is 9.47. The van der Waals surface area contributed by atoms with E-state index >= 15 is 0 Å². The van der Waals surface area contributed by atoms with Gasteiger partial charge < -0.3 is 0 Å². The van der Waals surface area contributed by atoms with Crippen LogP contribution < -0.4 is 0 Å². The van der Waals surface area contributed by atoms with Crippen LogP contribution in [0.3, 0.4) is 0 Å². The van der Waals surface area contributed by atoms with E-state index in [9.17, 15) is 4.79 Å². The molecule has 25 heavy (non-hydrogen) atoms. The lowest BCUT2D eigenvalue weighted by Gasteiger charge is -2.57. The van der Waals surface area contributed by atoms with Crippen molar-refractivity contribution in [1.29, 1.82) is 0 Å². The van der Waals surface area contributed by atoms with Crippen LogP contribution in [0.1, 0.15) is 72.6 Å². The molecule has 0 aromatic heterocycles. The second-order valence-electron chi connectivity index (χ2n) is 9.63. The summed E-state index contributed by atoms with van der Waals surface area (Å²) in [7, 11) is 0. The highest BCUT2D eigenvalue weighted by molar-refractivity contribution is 6.01. The van der Waals surface area contributed by atoms with E-state index < -0.39 is 0 Å². The molecule has 4 aliphatic carbocycles. The minimum absolute atomic E-state index is 0.143. The molecule has 0 N–H and O–H groups in total. The molecule has 0 heterocycles. The molecule has 0 saturated heterocycles. The predicted molar refractivity (Wildman–Crippen MR) is 104 cm³/mol. The highest BCUT2D eigenvalue weighted by atomic mass is 16.1. The highest BCUT2D eigenvalue weighted by Gasteiger charge is 2.58. The van der Waals surface area contributed by atoms with Gasteiger partial charge in [-0.15, -0.1) is 0 Å². The minimum atomic E-state index is 0.143. The summed E-state index contributed by atoms with van der Waals surface area (Å²) in [5.74, 6) is 3.46. The first-order valence-corrected chi connectivity index (χ1v) is 10.5. The largest absolute Gasteiger partial charge is 0.290 e. The molecule has 4 unspecified atom stereocenters. The van der Waals surface area contributed by atoms with Crippen LogP contribution >= 0.6 is 0 Å². The van der Waals surface area contributed by atoms with Gasteiger partial charge in [0.15, 0.2) is 5.78 Å². The zero-order valence-electron chi connectivity index (χ0n) is 16.5. The molecule has 136 valence electrons. The number of hydrogen-bond donors (Lipinski definition) is 0. The zero-order valence-corrected chi connectivity index (χ0v) is 16.5. The van der Waals surface area contributed by atoms with E-state index in [1.165, 1.54) is 44.1 Å². The number of ketones is 1. The van der Waals surface area contributed by atoms with Crippen molar-refractivity contribution in [3.05, 3.63) is 35.5 Å². The fourth-order valence-corrected chi connectivity index (χ4v) is 7.41. The smallest absolute Gasteiger partial charge is 0.178 e. The Balaban J connectivity index is 1.65. The summed E-state index contributed by atoms with van der Waals surface area (Å²) in [5.41, 5.74) is 3.71. The van der Waals surface area contributed by atoms with Gasteiger partial charge in [-0.05, 0) is 93.1 Å². The van der Waals surface area contributed by atoms with Gasteiger partial charge >= 0.3 is 0 Å². The van der Waals surface area contributed by atoms with Crippen molar-refractivity contribution in [2.45, 2.75) is 72.6 Å². The first-order chi connectivity index (χ1) is 11.9. The van der Waals surface area contributed by atoms with Gasteiger partial charge in [-0.1, -0.05) is 44.1 Å². The van der Waals surface area contributed by atoms with Crippen molar-refractivity contribution in [2.24, 2.45) is 34.5 Å². The van der Waals surface area contributed by atoms with Gasteiger partial charge in [-0.25, -0.2) is 0 Å². The van der Waals surface area contributed by atoms with Crippen molar-refractivity contribution in [1.82, 2.24) is 0 Å². The van der Waals surface area contributed by atoms with Crippen LogP contribution in [0.15, 0.2) is 35.5 Å². The maximum Gasteiger partial charge on any atom is 0.178 e. The summed E-state index contributed by atoms with van der Waals surface area (Å²) in [5, 5.41) is 0. The maximum atomic E-state index is 11.9. The lowest BCUT2D eigenvalue weighted by molar-refractivity contribution is -0.111. The molecule has 1 heteroatoms. The van der Waals surface area contributed by atoms with E-state index in [2.05, 4.69) is 39.8 Å². The Morgan fingerprint density at radius 1 is 1.20 bits per heavy atom. The average Bonchev–Trinajstić information content (AvgIpc) is 2.93. The molecule has 3 fully saturated rings. The lowest BCUT2D eigenvalue weighted by Crippen LogP contribution is -2.49. The van der Waals surface area contributed by atoms with Gasteiger partial charge in [0.2, 0.25) is 0 Å². The third kappa shape index (κ3) is 2.45. The van der Waals surface area contributed by atoms with Crippen molar-refractivity contribution < 1.29 is 4.79 Å². The number of allylic oxidation sites excluding steroid dienone is 6. The Labute approximate surface area is 153 Å². The number of hydrogen-bond acceptors (Lipinski definition) is 1. The summed E-state index contributed by atoms with van der Waals surface area (Å²) in [6.07, 6.45) is 17.6. The van der Waals surface area contributed by atoms with Crippen LogP contribution in [0.25, 0.3) is 0 Å². The Bertz CT molecular complexity index is 666. The molecule has 1 nitrogen and oxygen atoms in total. The quantitative estimate of drug-likeness (QED) is 0.543. The van der Waals surface area contributed by atoms with Crippen LogP contribution in [0.5, 0.6) is 0 Å². The molecule has 0 radical (unpaired) electrons. The van der Waals surface area contributed by atoms with Gasteiger partial charge in [0, 0.05) is 5.41 Å². The normalized spacial score (nSPS) is 46.3. The molecule has 0 aromatic rings. The number of carbonyl (C=O) groups is 1. The molecule has 4 aliphatic rings. The van der Waals surface area contributed by atoms with E-state index in [0.29, 0.717) is 5.41 Å². The summed E-state index contributed by atoms with van der Waals surface area (Å²) in [6, 6.07) is 0. The Kier molecular flexibility index (Phi) is 4.13. The third-order valence-corrected chi connectivity index (χ3v) is 8.63. The van der Waals surface area contributed by atoms with Crippen LogP contribution in [0.2, 0.25) is 0 Å². The average molecular weight is 339 g/mol. The predicted octanol–water partition coefficient (Wildman–Crippen LogP) is 6.27. The second kappa shape index (κ2) is 5.96. The minimum Gasteiger partial charge on any atom is -0.290 e. The van der Waals surface area contributed by atoms with E-state index in [1.54, 1.807) is 5.57 Å². The van der Waals surface area contributed by atoms with E-state index in [0.717, 1.165) is 30.1 Å². The molecular formula is C24H34O. The van der Waals surface area contributed by atoms with E-state index in [-0.39, 0.29) is 11.2 Å². The Morgan fingerprint density at radius 2 is 2.00 bits per heavy atom. The van der Waals surface area contributed by atoms with Gasteiger partial charge in [0.05, 0.1) is 0 Å².